The van der Waals surface area contributed by atoms with Gasteiger partial charge in [0.25, 0.3) is 0 Å². The predicted molar refractivity (Wildman–Crippen MR) is 181 cm³/mol. The average Bonchev–Trinajstić information content (AvgIpc) is 3.13. The smallest absolute Gasteiger partial charge is 0.343 e. The van der Waals surface area contributed by atoms with Crippen LogP contribution in [0.3, 0.4) is 0 Å². The minimum Gasteiger partial charge on any atom is -0.494 e. The Morgan fingerprint density at radius 1 is 0.490 bits per heavy atom. The average molecular weight is 665 g/mol. The van der Waals surface area contributed by atoms with E-state index in [1.807, 2.05) is 24.3 Å². The summed E-state index contributed by atoms with van der Waals surface area (Å²) in [5, 5.41) is 0. The molecular formula is C39H36O10. The molecule has 0 N–H and O–H groups in total. The zero-order chi connectivity index (χ0) is 34.8. The van der Waals surface area contributed by atoms with Crippen LogP contribution in [0.15, 0.2) is 122 Å². The van der Waals surface area contributed by atoms with Gasteiger partial charge in [0.2, 0.25) is 6.79 Å². The van der Waals surface area contributed by atoms with Gasteiger partial charge in [0.05, 0.1) is 24.3 Å². The number of esters is 4. The zero-order valence-corrected chi connectivity index (χ0v) is 26.8. The molecule has 4 rings (SSSR count). The van der Waals surface area contributed by atoms with E-state index in [4.69, 9.17) is 28.4 Å². The van der Waals surface area contributed by atoms with Crippen LogP contribution in [-0.2, 0) is 31.9 Å². The quantitative estimate of drug-likeness (QED) is 0.0366. The Labute approximate surface area is 284 Å². The van der Waals surface area contributed by atoms with Crippen LogP contribution < -0.4 is 18.9 Å². The molecule has 0 spiro atoms. The van der Waals surface area contributed by atoms with Crippen LogP contribution in [0.5, 0.6) is 23.0 Å². The van der Waals surface area contributed by atoms with Gasteiger partial charge in [-0.3, -0.25) is 0 Å². The first kappa shape index (κ1) is 35.7. The van der Waals surface area contributed by atoms with Crippen molar-refractivity contribution in [2.75, 3.05) is 20.0 Å². The first-order valence-corrected chi connectivity index (χ1v) is 15.5. The summed E-state index contributed by atoms with van der Waals surface area (Å²) in [4.78, 5) is 47.3. The van der Waals surface area contributed by atoms with Crippen molar-refractivity contribution in [1.29, 1.82) is 0 Å². The molecule has 0 saturated heterocycles. The van der Waals surface area contributed by atoms with E-state index in [1.54, 1.807) is 72.8 Å². The van der Waals surface area contributed by atoms with E-state index < -0.39 is 23.9 Å². The molecule has 0 aliphatic heterocycles. The molecule has 10 heteroatoms. The molecule has 10 nitrogen and oxygen atoms in total. The van der Waals surface area contributed by atoms with Gasteiger partial charge in [0.1, 0.15) is 23.0 Å². The van der Waals surface area contributed by atoms with Crippen molar-refractivity contribution in [3.05, 3.63) is 145 Å². The Morgan fingerprint density at radius 2 is 0.898 bits per heavy atom. The molecule has 0 aromatic heterocycles. The van der Waals surface area contributed by atoms with Crippen LogP contribution in [-0.4, -0.2) is 43.9 Å². The van der Waals surface area contributed by atoms with Gasteiger partial charge in [-0.15, -0.1) is 0 Å². The molecule has 0 amide bonds. The number of benzene rings is 4. The van der Waals surface area contributed by atoms with Gasteiger partial charge in [0.15, 0.2) is 0 Å². The molecule has 0 radical (unpaired) electrons. The second-order valence-electron chi connectivity index (χ2n) is 10.5. The van der Waals surface area contributed by atoms with E-state index in [9.17, 15) is 19.2 Å². The summed E-state index contributed by atoms with van der Waals surface area (Å²) in [7, 11) is 0. The molecule has 4 aromatic rings. The van der Waals surface area contributed by atoms with E-state index >= 15 is 0 Å². The standard InChI is InChI=1S/C39H36O10/c1-3-36(40)45-26-6-5-25-44-32-21-13-30(14-22-32)38(42)48-34-17-9-28(10-18-34)7-8-29-11-19-35(20-12-29)49-39(43)31-15-23-33(24-16-31)46-27-47-37(41)4-2/h3-4,9-24H,1-2,5-8,25-27H2. The lowest BCUT2D eigenvalue weighted by atomic mass is 10.0. The first-order valence-electron chi connectivity index (χ1n) is 15.5. The number of unbranched alkanes of at least 4 members (excludes halogenated alkanes) is 1. The van der Waals surface area contributed by atoms with Crippen LogP contribution in [0.2, 0.25) is 0 Å². The molecule has 0 saturated carbocycles. The lowest BCUT2D eigenvalue weighted by Crippen LogP contribution is -2.09. The molecule has 0 aliphatic carbocycles. The van der Waals surface area contributed by atoms with Crippen molar-refractivity contribution in [2.24, 2.45) is 0 Å². The van der Waals surface area contributed by atoms with E-state index in [-0.39, 0.29) is 6.79 Å². The molecule has 4 aromatic carbocycles. The van der Waals surface area contributed by atoms with Gasteiger partial charge in [-0.05, 0) is 110 Å². The van der Waals surface area contributed by atoms with E-state index in [0.29, 0.717) is 60.2 Å². The van der Waals surface area contributed by atoms with Gasteiger partial charge in [-0.25, -0.2) is 19.2 Å². The molecular weight excluding hydrogens is 628 g/mol. The number of ether oxygens (including phenoxy) is 6. The molecule has 0 bridgehead atoms. The van der Waals surface area contributed by atoms with Gasteiger partial charge >= 0.3 is 23.9 Å². The second-order valence-corrected chi connectivity index (χ2v) is 10.5. The second kappa shape index (κ2) is 18.9. The van der Waals surface area contributed by atoms with Gasteiger partial charge in [0, 0.05) is 12.2 Å². The lowest BCUT2D eigenvalue weighted by molar-refractivity contribution is -0.144. The molecule has 0 fully saturated rings. The maximum Gasteiger partial charge on any atom is 0.343 e. The van der Waals surface area contributed by atoms with Gasteiger partial charge in [-0.2, -0.15) is 0 Å². The number of rotatable bonds is 18. The third-order valence-electron chi connectivity index (χ3n) is 6.96. The molecule has 0 heterocycles. The monoisotopic (exact) mass is 664 g/mol. The fourth-order valence-corrected chi connectivity index (χ4v) is 4.28. The lowest BCUT2D eigenvalue weighted by Gasteiger charge is -2.09. The summed E-state index contributed by atoms with van der Waals surface area (Å²) in [6, 6.07) is 27.6. The van der Waals surface area contributed by atoms with Gasteiger partial charge < -0.3 is 28.4 Å². The van der Waals surface area contributed by atoms with Crippen LogP contribution in [0.25, 0.3) is 0 Å². The van der Waals surface area contributed by atoms with E-state index in [2.05, 4.69) is 13.2 Å². The Bertz CT molecular complexity index is 1710. The minimum atomic E-state index is -0.593. The maximum atomic E-state index is 12.6. The van der Waals surface area contributed by atoms with Crippen molar-refractivity contribution in [2.45, 2.75) is 25.7 Å². The fourth-order valence-electron chi connectivity index (χ4n) is 4.28. The Hall–Kier alpha value is -6.16. The SMILES string of the molecule is C=CC(=O)OCCCCOc1ccc(C(=O)Oc2ccc(CCc3ccc(OC(=O)c4ccc(OCOC(=O)C=C)cc4)cc3)cc2)cc1. The van der Waals surface area contributed by atoms with Crippen molar-refractivity contribution in [1.82, 2.24) is 0 Å². The summed E-state index contributed by atoms with van der Waals surface area (Å²) < 4.78 is 31.6. The highest BCUT2D eigenvalue weighted by Gasteiger charge is 2.11. The maximum absolute atomic E-state index is 12.6. The van der Waals surface area contributed by atoms with Crippen LogP contribution in [0.4, 0.5) is 0 Å². The largest absolute Gasteiger partial charge is 0.494 e. The molecule has 0 aliphatic rings. The van der Waals surface area contributed by atoms with Crippen molar-refractivity contribution in [3.8, 4) is 23.0 Å². The number of carbonyl (C=O) groups excluding carboxylic acids is 4. The Kier molecular flexibility index (Phi) is 13.7. The van der Waals surface area contributed by atoms with E-state index in [0.717, 1.165) is 36.1 Å². The Balaban J connectivity index is 1.16. The summed E-state index contributed by atoms with van der Waals surface area (Å²) in [6.45, 7) is 7.16. The number of carbonyl (C=O) groups is 4. The molecule has 49 heavy (non-hydrogen) atoms. The Morgan fingerprint density at radius 3 is 1.37 bits per heavy atom. The third-order valence-corrected chi connectivity index (χ3v) is 6.96. The highest BCUT2D eigenvalue weighted by Crippen LogP contribution is 2.20. The number of aryl methyl sites for hydroxylation is 2. The number of hydrogen-bond donors (Lipinski definition) is 0. The highest BCUT2D eigenvalue weighted by molar-refractivity contribution is 5.91. The summed E-state index contributed by atoms with van der Waals surface area (Å²) in [5.41, 5.74) is 2.87. The molecule has 0 unspecified atom stereocenters. The van der Waals surface area contributed by atoms with Crippen LogP contribution in [0.1, 0.15) is 44.7 Å². The summed E-state index contributed by atoms with van der Waals surface area (Å²) in [6.07, 6.45) is 5.07. The van der Waals surface area contributed by atoms with Gasteiger partial charge in [-0.1, -0.05) is 37.4 Å². The van der Waals surface area contributed by atoms with Crippen LogP contribution >= 0.6 is 0 Å². The molecule has 0 atom stereocenters. The first-order chi connectivity index (χ1) is 23.8. The minimum absolute atomic E-state index is 0.266. The molecule has 252 valence electrons. The van der Waals surface area contributed by atoms with Crippen molar-refractivity contribution in [3.63, 3.8) is 0 Å². The number of hydrogen-bond acceptors (Lipinski definition) is 10. The van der Waals surface area contributed by atoms with E-state index in [1.165, 1.54) is 0 Å². The zero-order valence-electron chi connectivity index (χ0n) is 26.8. The van der Waals surface area contributed by atoms with Crippen LogP contribution in [0, 0.1) is 0 Å². The third kappa shape index (κ3) is 12.2. The summed E-state index contributed by atoms with van der Waals surface area (Å²) >= 11 is 0. The fraction of sp³-hybridized carbons (Fsp3) is 0.179. The summed E-state index contributed by atoms with van der Waals surface area (Å²) in [5.74, 6) is -0.114. The normalized spacial score (nSPS) is 10.3. The van der Waals surface area contributed by atoms with Crippen molar-refractivity contribution < 1.29 is 47.6 Å². The highest BCUT2D eigenvalue weighted by atomic mass is 16.7. The topological polar surface area (TPSA) is 124 Å². The predicted octanol–water partition coefficient (Wildman–Crippen LogP) is 6.86. The van der Waals surface area contributed by atoms with Crippen molar-refractivity contribution >= 4 is 23.9 Å².